The molecule has 0 saturated carbocycles. The number of carbonyl (C=O) groups is 1. The summed E-state index contributed by atoms with van der Waals surface area (Å²) in [5, 5.41) is 28.1. The van der Waals surface area contributed by atoms with Gasteiger partial charge in [-0.2, -0.15) is 5.26 Å². The van der Waals surface area contributed by atoms with Gasteiger partial charge in [0.15, 0.2) is 0 Å². The second kappa shape index (κ2) is 6.83. The molecule has 2 N–H and O–H groups in total. The zero-order chi connectivity index (χ0) is 14.4. The van der Waals surface area contributed by atoms with Crippen molar-refractivity contribution in [3.63, 3.8) is 0 Å². The van der Waals surface area contributed by atoms with Crippen molar-refractivity contribution in [1.29, 1.82) is 5.26 Å². The van der Waals surface area contributed by atoms with Crippen LogP contribution in [0.3, 0.4) is 0 Å². The maximum atomic E-state index is 13.8. The van der Waals surface area contributed by atoms with Crippen LogP contribution in [-0.4, -0.2) is 28.9 Å². The molecule has 0 saturated heterocycles. The van der Waals surface area contributed by atoms with Crippen LogP contribution in [0.25, 0.3) is 0 Å². The Morgan fingerprint density at radius 1 is 1.53 bits per heavy atom. The highest BCUT2D eigenvalue weighted by atomic mass is 19.1. The molecule has 0 fully saturated rings. The van der Waals surface area contributed by atoms with Crippen molar-refractivity contribution in [2.75, 3.05) is 6.61 Å². The highest BCUT2D eigenvalue weighted by molar-refractivity contribution is 5.70. The number of hydrogen-bond donors (Lipinski definition) is 2. The zero-order valence-corrected chi connectivity index (χ0v) is 10.3. The summed E-state index contributed by atoms with van der Waals surface area (Å²) in [7, 11) is 0. The van der Waals surface area contributed by atoms with Gasteiger partial charge in [0, 0.05) is 5.56 Å². The van der Waals surface area contributed by atoms with Crippen molar-refractivity contribution in [3.05, 3.63) is 35.1 Å². The Balaban J connectivity index is 2.86. The molecule has 0 spiro atoms. The van der Waals surface area contributed by atoms with E-state index in [0.29, 0.717) is 0 Å². The number of hydrogen-bond acceptors (Lipinski definition) is 5. The lowest BCUT2D eigenvalue weighted by Gasteiger charge is -2.18. The molecule has 2 unspecified atom stereocenters. The Kier molecular flexibility index (Phi) is 5.42. The predicted molar refractivity (Wildman–Crippen MR) is 63.3 cm³/mol. The Labute approximate surface area is 109 Å². The predicted octanol–water partition coefficient (Wildman–Crippen LogP) is 1.04. The third kappa shape index (κ3) is 3.74. The molecule has 2 atom stereocenters. The Bertz CT molecular complexity index is 498. The molecule has 1 rings (SSSR count). The summed E-state index contributed by atoms with van der Waals surface area (Å²) in [6, 6.07) is 5.52. The van der Waals surface area contributed by atoms with Gasteiger partial charge in [0.1, 0.15) is 18.0 Å². The number of benzene rings is 1. The molecule has 6 heteroatoms. The van der Waals surface area contributed by atoms with Gasteiger partial charge in [-0.05, 0) is 13.0 Å². The molecule has 1 aromatic carbocycles. The van der Waals surface area contributed by atoms with Crippen molar-refractivity contribution in [1.82, 2.24) is 0 Å². The first kappa shape index (κ1) is 15.1. The third-order valence-corrected chi connectivity index (χ3v) is 2.51. The van der Waals surface area contributed by atoms with E-state index >= 15 is 0 Å². The molecule has 0 aliphatic heterocycles. The van der Waals surface area contributed by atoms with Crippen molar-refractivity contribution in [2.24, 2.45) is 0 Å². The van der Waals surface area contributed by atoms with Gasteiger partial charge in [-0.1, -0.05) is 12.1 Å². The molecular weight excluding hydrogens is 253 g/mol. The first-order valence-corrected chi connectivity index (χ1v) is 5.71. The number of nitrogens with zero attached hydrogens (tertiary/aromatic N) is 1. The van der Waals surface area contributed by atoms with Crippen LogP contribution in [0, 0.1) is 17.1 Å². The van der Waals surface area contributed by atoms with Crippen LogP contribution >= 0.6 is 0 Å². The van der Waals surface area contributed by atoms with Crippen molar-refractivity contribution < 1.29 is 24.1 Å². The molecule has 0 bridgehead atoms. The summed E-state index contributed by atoms with van der Waals surface area (Å²) in [5.74, 6) is -1.59. The fourth-order valence-electron chi connectivity index (χ4n) is 1.57. The quantitative estimate of drug-likeness (QED) is 0.778. The van der Waals surface area contributed by atoms with Gasteiger partial charge in [-0.15, -0.1) is 0 Å². The van der Waals surface area contributed by atoms with Gasteiger partial charge in [0.05, 0.1) is 24.7 Å². The van der Waals surface area contributed by atoms with Gasteiger partial charge in [-0.3, -0.25) is 4.79 Å². The van der Waals surface area contributed by atoms with E-state index < -0.39 is 30.4 Å². The molecule has 0 aromatic heterocycles. The smallest absolute Gasteiger partial charge is 0.308 e. The van der Waals surface area contributed by atoms with E-state index in [9.17, 15) is 19.4 Å². The number of aliphatic hydroxyl groups excluding tert-OH is 2. The molecule has 0 heterocycles. The van der Waals surface area contributed by atoms with Gasteiger partial charge in [0.25, 0.3) is 0 Å². The normalized spacial score (nSPS) is 13.4. The zero-order valence-electron chi connectivity index (χ0n) is 10.3. The van der Waals surface area contributed by atoms with E-state index in [4.69, 9.17) is 5.26 Å². The summed E-state index contributed by atoms with van der Waals surface area (Å²) < 4.78 is 18.4. The number of nitriles is 1. The fourth-order valence-corrected chi connectivity index (χ4v) is 1.57. The lowest BCUT2D eigenvalue weighted by Crippen LogP contribution is -2.24. The molecule has 102 valence electrons. The summed E-state index contributed by atoms with van der Waals surface area (Å²) in [6.07, 6.45) is -3.55. The molecule has 0 amide bonds. The summed E-state index contributed by atoms with van der Waals surface area (Å²) >= 11 is 0. The van der Waals surface area contributed by atoms with Gasteiger partial charge in [0.2, 0.25) is 0 Å². The van der Waals surface area contributed by atoms with Crippen LogP contribution in [0.2, 0.25) is 0 Å². The third-order valence-electron chi connectivity index (χ3n) is 2.51. The minimum absolute atomic E-state index is 0.153. The van der Waals surface area contributed by atoms with Crippen LogP contribution in [0.1, 0.15) is 30.6 Å². The highest BCUT2D eigenvalue weighted by Crippen LogP contribution is 2.24. The number of carbonyl (C=O) groups excluding carboxylic acids is 1. The number of ether oxygens (including phenoxy) is 1. The molecular formula is C13H14FNO4. The standard InChI is InChI=1S/C13H14FNO4/c1-2-19-11(17)6-10(16)13(18)9-5-3-4-8(7-15)12(9)14/h3-5,10,13,16,18H,2,6H2,1H3. The molecule has 5 nitrogen and oxygen atoms in total. The van der Waals surface area contributed by atoms with Crippen molar-refractivity contribution in [3.8, 4) is 6.07 Å². The number of esters is 1. The van der Waals surface area contributed by atoms with Crippen molar-refractivity contribution in [2.45, 2.75) is 25.6 Å². The van der Waals surface area contributed by atoms with E-state index in [1.165, 1.54) is 18.2 Å². The molecule has 1 aromatic rings. The summed E-state index contributed by atoms with van der Waals surface area (Å²) in [5.41, 5.74) is -0.462. The van der Waals surface area contributed by atoms with E-state index in [2.05, 4.69) is 4.74 Å². The topological polar surface area (TPSA) is 90.6 Å². The SMILES string of the molecule is CCOC(=O)CC(O)C(O)c1cccc(C#N)c1F. The molecule has 0 aliphatic rings. The van der Waals surface area contributed by atoms with Crippen LogP contribution < -0.4 is 0 Å². The second-order valence-electron chi connectivity index (χ2n) is 3.84. The van der Waals surface area contributed by atoms with E-state index in [1.54, 1.807) is 13.0 Å². The minimum atomic E-state index is -1.60. The van der Waals surface area contributed by atoms with Crippen LogP contribution in [-0.2, 0) is 9.53 Å². The van der Waals surface area contributed by atoms with E-state index in [0.717, 1.165) is 0 Å². The number of aliphatic hydroxyl groups is 2. The van der Waals surface area contributed by atoms with E-state index in [1.807, 2.05) is 0 Å². The maximum Gasteiger partial charge on any atom is 0.308 e. The first-order valence-electron chi connectivity index (χ1n) is 5.71. The highest BCUT2D eigenvalue weighted by Gasteiger charge is 2.25. The lowest BCUT2D eigenvalue weighted by molar-refractivity contribution is -0.147. The monoisotopic (exact) mass is 267 g/mol. The maximum absolute atomic E-state index is 13.8. The molecule has 19 heavy (non-hydrogen) atoms. The van der Waals surface area contributed by atoms with Crippen molar-refractivity contribution >= 4 is 5.97 Å². The first-order chi connectivity index (χ1) is 9.01. The van der Waals surface area contributed by atoms with Gasteiger partial charge < -0.3 is 14.9 Å². The minimum Gasteiger partial charge on any atom is -0.466 e. The Morgan fingerprint density at radius 3 is 2.79 bits per heavy atom. The van der Waals surface area contributed by atoms with Gasteiger partial charge in [-0.25, -0.2) is 4.39 Å². The Hall–Kier alpha value is -1.97. The summed E-state index contributed by atoms with van der Waals surface area (Å²) in [4.78, 5) is 11.2. The summed E-state index contributed by atoms with van der Waals surface area (Å²) in [6.45, 7) is 1.76. The second-order valence-corrected chi connectivity index (χ2v) is 3.84. The molecule has 0 aliphatic carbocycles. The fraction of sp³-hybridized carbons (Fsp3) is 0.385. The van der Waals surface area contributed by atoms with Gasteiger partial charge >= 0.3 is 5.97 Å². The van der Waals surface area contributed by atoms with Crippen LogP contribution in [0.15, 0.2) is 18.2 Å². The largest absolute Gasteiger partial charge is 0.466 e. The van der Waals surface area contributed by atoms with Crippen LogP contribution in [0.4, 0.5) is 4.39 Å². The number of rotatable bonds is 5. The van der Waals surface area contributed by atoms with E-state index in [-0.39, 0.29) is 17.7 Å². The Morgan fingerprint density at radius 2 is 2.21 bits per heavy atom. The average Bonchev–Trinajstić information content (AvgIpc) is 2.38. The average molecular weight is 267 g/mol. The molecule has 0 radical (unpaired) electrons. The number of halogens is 1. The lowest BCUT2D eigenvalue weighted by atomic mass is 9.99. The van der Waals surface area contributed by atoms with Crippen LogP contribution in [0.5, 0.6) is 0 Å².